The third-order valence-corrected chi connectivity index (χ3v) is 6.99. The van der Waals surface area contributed by atoms with Crippen molar-refractivity contribution in [3.05, 3.63) is 133 Å². The molecule has 0 amide bonds. The Hall–Kier alpha value is -4.17. The van der Waals surface area contributed by atoms with E-state index in [9.17, 15) is 0 Å². The molecule has 2 nitrogen and oxygen atoms in total. The average Bonchev–Trinajstić information content (AvgIpc) is 3.40. The molecule has 0 N–H and O–H groups in total. The Labute approximate surface area is 221 Å². The summed E-state index contributed by atoms with van der Waals surface area (Å²) in [5, 5.41) is 0. The van der Waals surface area contributed by atoms with Crippen LogP contribution >= 0.6 is 0 Å². The summed E-state index contributed by atoms with van der Waals surface area (Å²) in [7, 11) is 0. The highest BCUT2D eigenvalue weighted by Crippen LogP contribution is 2.36. The van der Waals surface area contributed by atoms with Gasteiger partial charge in [-0.3, -0.25) is 4.98 Å². The van der Waals surface area contributed by atoms with E-state index >= 15 is 0 Å². The van der Waals surface area contributed by atoms with Crippen molar-refractivity contribution in [2.24, 2.45) is 0 Å². The van der Waals surface area contributed by atoms with Gasteiger partial charge < -0.3 is 4.57 Å². The molecule has 0 spiro atoms. The van der Waals surface area contributed by atoms with Gasteiger partial charge in [-0.05, 0) is 57.9 Å². The number of hydrogen-bond acceptors (Lipinski definition) is 1. The fourth-order valence-corrected chi connectivity index (χ4v) is 4.69. The standard InChI is InChI=1S/C35H34N2/c1-6-26-19-20-33(36-23-26)32-18-11-10-17-31(32)25(2)37-24-30(35(3,4)5)22-34(37)29-16-12-15-28(21-29)27-13-8-7-9-14-27/h7-24H,2,6H2,1,3-5H3. The highest BCUT2D eigenvalue weighted by Gasteiger charge is 2.21. The van der Waals surface area contributed by atoms with E-state index in [4.69, 9.17) is 4.98 Å². The van der Waals surface area contributed by atoms with E-state index in [0.29, 0.717) is 0 Å². The predicted octanol–water partition coefficient (Wildman–Crippen LogP) is 9.26. The number of rotatable bonds is 6. The molecular formula is C35H34N2. The number of benzene rings is 3. The third kappa shape index (κ3) is 5.06. The predicted molar refractivity (Wildman–Crippen MR) is 157 cm³/mol. The molecule has 0 aliphatic rings. The third-order valence-electron chi connectivity index (χ3n) is 6.99. The molecule has 0 aliphatic heterocycles. The number of nitrogens with zero attached hydrogens (tertiary/aromatic N) is 2. The largest absolute Gasteiger partial charge is 0.316 e. The van der Waals surface area contributed by atoms with Crippen molar-refractivity contribution in [1.29, 1.82) is 0 Å². The Morgan fingerprint density at radius 3 is 2.19 bits per heavy atom. The first-order chi connectivity index (χ1) is 17.8. The van der Waals surface area contributed by atoms with Gasteiger partial charge in [0.2, 0.25) is 0 Å². The Morgan fingerprint density at radius 2 is 1.49 bits per heavy atom. The summed E-state index contributed by atoms with van der Waals surface area (Å²) < 4.78 is 2.25. The molecule has 5 aromatic rings. The summed E-state index contributed by atoms with van der Waals surface area (Å²) in [6.45, 7) is 13.5. The SMILES string of the molecule is C=C(c1ccccc1-c1ccc(CC)cn1)n1cc(C(C)(C)C)cc1-c1cccc(-c2ccccc2)c1. The van der Waals surface area contributed by atoms with E-state index in [-0.39, 0.29) is 5.41 Å². The Bertz CT molecular complexity index is 1530. The molecule has 5 rings (SSSR count). The molecular weight excluding hydrogens is 448 g/mol. The van der Waals surface area contributed by atoms with Gasteiger partial charge in [-0.1, -0.05) is 113 Å². The topological polar surface area (TPSA) is 17.8 Å². The monoisotopic (exact) mass is 482 g/mol. The first kappa shape index (κ1) is 24.5. The second-order valence-corrected chi connectivity index (χ2v) is 10.6. The lowest BCUT2D eigenvalue weighted by Crippen LogP contribution is -2.09. The van der Waals surface area contributed by atoms with Crippen molar-refractivity contribution in [2.75, 3.05) is 0 Å². The Balaban J connectivity index is 1.63. The minimum atomic E-state index is 0.00831. The number of aryl methyl sites for hydroxylation is 1. The van der Waals surface area contributed by atoms with Gasteiger partial charge in [0.15, 0.2) is 0 Å². The normalized spacial score (nSPS) is 11.5. The molecule has 0 saturated heterocycles. The maximum absolute atomic E-state index is 4.78. The second-order valence-electron chi connectivity index (χ2n) is 10.6. The van der Waals surface area contributed by atoms with Crippen LogP contribution < -0.4 is 0 Å². The zero-order valence-corrected chi connectivity index (χ0v) is 22.2. The molecule has 0 unspecified atom stereocenters. The Morgan fingerprint density at radius 1 is 0.784 bits per heavy atom. The molecule has 0 fully saturated rings. The van der Waals surface area contributed by atoms with Crippen LogP contribution in [0.15, 0.2) is 116 Å². The first-order valence-corrected chi connectivity index (χ1v) is 13.0. The summed E-state index contributed by atoms with van der Waals surface area (Å²) in [6.07, 6.45) is 5.20. The van der Waals surface area contributed by atoms with Crippen LogP contribution in [0.3, 0.4) is 0 Å². The lowest BCUT2D eigenvalue weighted by molar-refractivity contribution is 0.590. The molecule has 2 heteroatoms. The number of hydrogen-bond donors (Lipinski definition) is 0. The van der Waals surface area contributed by atoms with E-state index in [1.54, 1.807) is 0 Å². The maximum Gasteiger partial charge on any atom is 0.0708 e. The molecule has 0 bridgehead atoms. The van der Waals surface area contributed by atoms with Crippen LogP contribution in [0.25, 0.3) is 39.3 Å². The van der Waals surface area contributed by atoms with Gasteiger partial charge in [0, 0.05) is 29.2 Å². The van der Waals surface area contributed by atoms with Gasteiger partial charge in [-0.2, -0.15) is 0 Å². The van der Waals surface area contributed by atoms with Gasteiger partial charge in [-0.15, -0.1) is 0 Å². The minimum absolute atomic E-state index is 0.00831. The highest BCUT2D eigenvalue weighted by atomic mass is 15.0. The molecule has 37 heavy (non-hydrogen) atoms. The van der Waals surface area contributed by atoms with Gasteiger partial charge in [-0.25, -0.2) is 0 Å². The summed E-state index contributed by atoms with van der Waals surface area (Å²) in [4.78, 5) is 4.78. The zero-order valence-electron chi connectivity index (χ0n) is 22.2. The van der Waals surface area contributed by atoms with Gasteiger partial charge in [0.05, 0.1) is 11.4 Å². The van der Waals surface area contributed by atoms with Crippen molar-refractivity contribution in [2.45, 2.75) is 39.5 Å². The number of aromatic nitrogens is 2. The zero-order chi connectivity index (χ0) is 26.0. The van der Waals surface area contributed by atoms with E-state index in [0.717, 1.165) is 34.6 Å². The first-order valence-electron chi connectivity index (χ1n) is 13.0. The second kappa shape index (κ2) is 10.1. The van der Waals surface area contributed by atoms with Crippen molar-refractivity contribution in [3.63, 3.8) is 0 Å². The molecule has 2 heterocycles. The van der Waals surface area contributed by atoms with E-state index in [2.05, 4.69) is 142 Å². The van der Waals surface area contributed by atoms with Crippen LogP contribution in [0, 0.1) is 0 Å². The van der Waals surface area contributed by atoms with Crippen LogP contribution in [-0.2, 0) is 11.8 Å². The molecule has 0 aliphatic carbocycles. The Kier molecular flexibility index (Phi) is 6.67. The van der Waals surface area contributed by atoms with Gasteiger partial charge in [0.25, 0.3) is 0 Å². The van der Waals surface area contributed by atoms with Crippen LogP contribution in [0.2, 0.25) is 0 Å². The van der Waals surface area contributed by atoms with Crippen LogP contribution in [0.4, 0.5) is 0 Å². The van der Waals surface area contributed by atoms with Crippen LogP contribution in [0.1, 0.15) is 44.4 Å². The average molecular weight is 483 g/mol. The summed E-state index contributed by atoms with van der Waals surface area (Å²) in [5.41, 5.74) is 11.3. The summed E-state index contributed by atoms with van der Waals surface area (Å²) >= 11 is 0. The summed E-state index contributed by atoms with van der Waals surface area (Å²) in [6, 6.07) is 34.3. The smallest absolute Gasteiger partial charge is 0.0708 e. The molecule has 0 saturated carbocycles. The van der Waals surface area contributed by atoms with Crippen LogP contribution in [0.5, 0.6) is 0 Å². The molecule has 0 radical (unpaired) electrons. The van der Waals surface area contributed by atoms with Gasteiger partial charge in [0.1, 0.15) is 0 Å². The van der Waals surface area contributed by atoms with Gasteiger partial charge >= 0.3 is 0 Å². The molecule has 3 aromatic carbocycles. The van der Waals surface area contributed by atoms with Crippen molar-refractivity contribution in [1.82, 2.24) is 9.55 Å². The maximum atomic E-state index is 4.78. The molecule has 0 atom stereocenters. The molecule has 184 valence electrons. The molecule has 2 aromatic heterocycles. The van der Waals surface area contributed by atoms with Crippen LogP contribution in [-0.4, -0.2) is 9.55 Å². The van der Waals surface area contributed by atoms with Crippen molar-refractivity contribution >= 4 is 5.70 Å². The quantitative estimate of drug-likeness (QED) is 0.236. The van der Waals surface area contributed by atoms with Crippen molar-refractivity contribution < 1.29 is 0 Å². The highest BCUT2D eigenvalue weighted by molar-refractivity contribution is 5.83. The van der Waals surface area contributed by atoms with E-state index < -0.39 is 0 Å². The number of pyridine rings is 1. The fourth-order valence-electron chi connectivity index (χ4n) is 4.69. The minimum Gasteiger partial charge on any atom is -0.316 e. The van der Waals surface area contributed by atoms with E-state index in [1.807, 2.05) is 6.20 Å². The lowest BCUT2D eigenvalue weighted by Gasteiger charge is -2.17. The summed E-state index contributed by atoms with van der Waals surface area (Å²) in [5.74, 6) is 0. The van der Waals surface area contributed by atoms with Crippen molar-refractivity contribution in [3.8, 4) is 33.6 Å². The van der Waals surface area contributed by atoms with E-state index in [1.165, 1.54) is 27.8 Å². The lowest BCUT2D eigenvalue weighted by atomic mass is 9.89. The fraction of sp³-hybridized carbons (Fsp3) is 0.171.